The van der Waals surface area contributed by atoms with E-state index in [1.54, 1.807) is 0 Å². The van der Waals surface area contributed by atoms with Gasteiger partial charge in [-0.3, -0.25) is 0 Å². The molecule has 1 aromatic rings. The van der Waals surface area contributed by atoms with E-state index >= 15 is 0 Å². The summed E-state index contributed by atoms with van der Waals surface area (Å²) in [6.45, 7) is 4.44. The number of rotatable bonds is 1. The predicted molar refractivity (Wildman–Crippen MR) is 54.1 cm³/mol. The maximum Gasteiger partial charge on any atom is 0.0636 e. The van der Waals surface area contributed by atoms with Crippen LogP contribution in [0.4, 0.5) is 5.69 Å². The van der Waals surface area contributed by atoms with Crippen molar-refractivity contribution in [3.63, 3.8) is 0 Å². The summed E-state index contributed by atoms with van der Waals surface area (Å²) in [5.74, 6) is 0. The highest BCUT2D eigenvalue weighted by Gasteiger charge is 2.22. The van der Waals surface area contributed by atoms with Crippen molar-refractivity contribution in [1.29, 1.82) is 0 Å². The topological polar surface area (TPSA) is 32.3 Å². The number of anilines is 1. The van der Waals surface area contributed by atoms with Crippen molar-refractivity contribution in [2.24, 2.45) is 0 Å². The molecular formula is C11H15NO. The fraction of sp³-hybridized carbons (Fsp3) is 0.455. The summed E-state index contributed by atoms with van der Waals surface area (Å²) in [6.07, 6.45) is 0.958. The lowest BCUT2D eigenvalue weighted by atomic mass is 10.0. The molecule has 2 rings (SSSR count). The highest BCUT2D eigenvalue weighted by Crippen LogP contribution is 2.31. The van der Waals surface area contributed by atoms with Gasteiger partial charge in [0, 0.05) is 5.69 Å². The Morgan fingerprint density at radius 2 is 2.08 bits per heavy atom. The van der Waals surface area contributed by atoms with E-state index in [-0.39, 0.29) is 12.6 Å². The van der Waals surface area contributed by atoms with Gasteiger partial charge < -0.3 is 10.4 Å². The number of hydrogen-bond donors (Lipinski definition) is 2. The number of hydrogen-bond acceptors (Lipinski definition) is 2. The van der Waals surface area contributed by atoms with Gasteiger partial charge in [-0.1, -0.05) is 12.1 Å². The van der Waals surface area contributed by atoms with E-state index in [0.29, 0.717) is 0 Å². The Hall–Kier alpha value is -1.02. The molecule has 0 spiro atoms. The van der Waals surface area contributed by atoms with E-state index in [9.17, 15) is 0 Å². The third-order valence-corrected chi connectivity index (χ3v) is 2.77. The summed E-state index contributed by atoms with van der Waals surface area (Å²) >= 11 is 0. The number of nitrogens with one attached hydrogen (secondary N) is 1. The molecular weight excluding hydrogens is 162 g/mol. The van der Waals surface area contributed by atoms with E-state index in [4.69, 9.17) is 5.11 Å². The summed E-state index contributed by atoms with van der Waals surface area (Å²) in [6, 6.07) is 4.49. The van der Waals surface area contributed by atoms with Crippen molar-refractivity contribution < 1.29 is 5.11 Å². The Bertz CT molecular complexity index is 302. The third-order valence-electron chi connectivity index (χ3n) is 2.77. The fourth-order valence-corrected chi connectivity index (χ4v) is 1.94. The molecule has 0 aromatic heterocycles. The lowest BCUT2D eigenvalue weighted by Gasteiger charge is -2.08. The molecule has 0 saturated heterocycles. The zero-order valence-corrected chi connectivity index (χ0v) is 8.09. The first-order chi connectivity index (χ1) is 6.22. The number of aliphatic hydroxyl groups is 1. The highest BCUT2D eigenvalue weighted by molar-refractivity contribution is 5.64. The fourth-order valence-electron chi connectivity index (χ4n) is 1.94. The number of aryl methyl sites for hydroxylation is 2. The summed E-state index contributed by atoms with van der Waals surface area (Å²) in [5.41, 5.74) is 5.21. The highest BCUT2D eigenvalue weighted by atomic mass is 16.3. The van der Waals surface area contributed by atoms with Gasteiger partial charge in [-0.15, -0.1) is 0 Å². The minimum atomic E-state index is 0.216. The van der Waals surface area contributed by atoms with Crippen LogP contribution in [0.25, 0.3) is 0 Å². The average molecular weight is 177 g/mol. The molecule has 0 aliphatic carbocycles. The Balaban J connectivity index is 2.43. The smallest absolute Gasteiger partial charge is 0.0636 e. The SMILES string of the molecule is Cc1ccc(C)c2c1CC(CO)N2. The molecule has 13 heavy (non-hydrogen) atoms. The molecule has 1 aromatic carbocycles. The molecule has 2 heteroatoms. The van der Waals surface area contributed by atoms with Crippen molar-refractivity contribution in [1.82, 2.24) is 0 Å². The monoisotopic (exact) mass is 177 g/mol. The van der Waals surface area contributed by atoms with E-state index < -0.39 is 0 Å². The van der Waals surface area contributed by atoms with Crippen molar-refractivity contribution >= 4 is 5.69 Å². The van der Waals surface area contributed by atoms with Crippen LogP contribution in [0.5, 0.6) is 0 Å². The standard InChI is InChI=1S/C11H15NO/c1-7-3-4-8(2)11-10(7)5-9(6-13)12-11/h3-4,9,12-13H,5-6H2,1-2H3. The van der Waals surface area contributed by atoms with Crippen LogP contribution in [0, 0.1) is 13.8 Å². The molecule has 2 nitrogen and oxygen atoms in total. The van der Waals surface area contributed by atoms with Gasteiger partial charge in [0.2, 0.25) is 0 Å². The molecule has 1 heterocycles. The molecule has 0 radical (unpaired) electrons. The first kappa shape index (κ1) is 8.57. The molecule has 0 fully saturated rings. The second-order valence-electron chi connectivity index (χ2n) is 3.78. The molecule has 2 N–H and O–H groups in total. The van der Waals surface area contributed by atoms with Crippen molar-refractivity contribution in [3.8, 4) is 0 Å². The Morgan fingerprint density at radius 1 is 1.38 bits per heavy atom. The van der Waals surface area contributed by atoms with Crippen LogP contribution >= 0.6 is 0 Å². The lowest BCUT2D eigenvalue weighted by Crippen LogP contribution is -2.19. The van der Waals surface area contributed by atoms with Crippen LogP contribution in [0.3, 0.4) is 0 Å². The number of fused-ring (bicyclic) bond motifs is 1. The minimum absolute atomic E-state index is 0.216. The van der Waals surface area contributed by atoms with Crippen LogP contribution in [-0.2, 0) is 6.42 Å². The van der Waals surface area contributed by atoms with Crippen molar-refractivity contribution in [2.75, 3.05) is 11.9 Å². The van der Waals surface area contributed by atoms with Gasteiger partial charge in [-0.05, 0) is 37.0 Å². The molecule has 1 atom stereocenters. The van der Waals surface area contributed by atoms with Gasteiger partial charge in [-0.25, -0.2) is 0 Å². The second kappa shape index (κ2) is 3.04. The predicted octanol–water partition coefficient (Wildman–Crippen LogP) is 1.63. The maximum absolute atomic E-state index is 9.06. The molecule has 0 saturated carbocycles. The number of benzene rings is 1. The quantitative estimate of drug-likeness (QED) is 0.683. The summed E-state index contributed by atoms with van der Waals surface area (Å²) in [5, 5.41) is 12.4. The van der Waals surface area contributed by atoms with E-state index in [1.807, 2.05) is 0 Å². The third kappa shape index (κ3) is 1.31. The van der Waals surface area contributed by atoms with E-state index in [1.165, 1.54) is 22.4 Å². The minimum Gasteiger partial charge on any atom is -0.394 e. The van der Waals surface area contributed by atoms with Crippen LogP contribution in [0.15, 0.2) is 12.1 Å². The first-order valence-corrected chi connectivity index (χ1v) is 4.69. The van der Waals surface area contributed by atoms with Gasteiger partial charge in [0.25, 0.3) is 0 Å². The van der Waals surface area contributed by atoms with Gasteiger partial charge >= 0.3 is 0 Å². The summed E-state index contributed by atoms with van der Waals surface area (Å²) in [4.78, 5) is 0. The van der Waals surface area contributed by atoms with Crippen LogP contribution in [-0.4, -0.2) is 17.8 Å². The molecule has 1 aliphatic rings. The zero-order valence-electron chi connectivity index (χ0n) is 8.09. The maximum atomic E-state index is 9.06. The van der Waals surface area contributed by atoms with E-state index in [2.05, 4.69) is 31.3 Å². The normalized spacial score (nSPS) is 19.8. The van der Waals surface area contributed by atoms with Crippen LogP contribution in [0.2, 0.25) is 0 Å². The number of aliphatic hydroxyl groups excluding tert-OH is 1. The van der Waals surface area contributed by atoms with Crippen LogP contribution < -0.4 is 5.32 Å². The van der Waals surface area contributed by atoms with Gasteiger partial charge in [0.15, 0.2) is 0 Å². The molecule has 1 unspecified atom stereocenters. The lowest BCUT2D eigenvalue weighted by molar-refractivity contribution is 0.277. The average Bonchev–Trinajstić information content (AvgIpc) is 2.56. The van der Waals surface area contributed by atoms with E-state index in [0.717, 1.165) is 6.42 Å². The van der Waals surface area contributed by atoms with Gasteiger partial charge in [-0.2, -0.15) is 0 Å². The molecule has 1 aliphatic heterocycles. The first-order valence-electron chi connectivity index (χ1n) is 4.69. The zero-order chi connectivity index (χ0) is 9.42. The second-order valence-corrected chi connectivity index (χ2v) is 3.78. The van der Waals surface area contributed by atoms with Gasteiger partial charge in [0.05, 0.1) is 12.6 Å². The summed E-state index contributed by atoms with van der Waals surface area (Å²) < 4.78 is 0. The van der Waals surface area contributed by atoms with Crippen molar-refractivity contribution in [3.05, 3.63) is 28.8 Å². The Morgan fingerprint density at radius 3 is 2.69 bits per heavy atom. The van der Waals surface area contributed by atoms with Crippen molar-refractivity contribution in [2.45, 2.75) is 26.3 Å². The van der Waals surface area contributed by atoms with Crippen LogP contribution in [0.1, 0.15) is 16.7 Å². The Labute approximate surface area is 78.6 Å². The largest absolute Gasteiger partial charge is 0.394 e. The van der Waals surface area contributed by atoms with Gasteiger partial charge in [0.1, 0.15) is 0 Å². The summed E-state index contributed by atoms with van der Waals surface area (Å²) in [7, 11) is 0. The molecule has 0 bridgehead atoms. The molecule has 70 valence electrons. The Kier molecular flexibility index (Phi) is 2.00. The molecule has 0 amide bonds.